The van der Waals surface area contributed by atoms with E-state index in [4.69, 9.17) is 14.2 Å². The van der Waals surface area contributed by atoms with Crippen molar-refractivity contribution in [3.8, 4) is 0 Å². The molecule has 0 spiro atoms. The molecule has 1 saturated heterocycles. The molecule has 0 aromatic rings. The molecule has 53 heavy (non-hydrogen) atoms. The van der Waals surface area contributed by atoms with Gasteiger partial charge >= 0.3 is 11.9 Å². The average molecular weight is 750 g/mol. The van der Waals surface area contributed by atoms with Crippen molar-refractivity contribution >= 4 is 11.9 Å². The minimum atomic E-state index is -0.0107. The molecule has 1 unspecified atom stereocenters. The summed E-state index contributed by atoms with van der Waals surface area (Å²) in [6.45, 7) is 10.4. The molecular formula is C47H91NO5. The SMILES string of the molecule is CCCCCCCCCOC(=O)CCCCCCC1(CCCCCCC(=O)OC(CCCCCCCC)CCCCCCCC)CCCN1CCOC. The predicted molar refractivity (Wildman–Crippen MR) is 226 cm³/mol. The zero-order valence-corrected chi connectivity index (χ0v) is 36.1. The first-order chi connectivity index (χ1) is 26.0. The van der Waals surface area contributed by atoms with Crippen molar-refractivity contribution in [2.75, 3.05) is 33.4 Å². The Morgan fingerprint density at radius 3 is 1.53 bits per heavy atom. The first kappa shape index (κ1) is 49.9. The molecule has 0 bridgehead atoms. The molecule has 6 heteroatoms. The Morgan fingerprint density at radius 1 is 0.547 bits per heavy atom. The van der Waals surface area contributed by atoms with Gasteiger partial charge in [-0.2, -0.15) is 0 Å². The monoisotopic (exact) mass is 750 g/mol. The summed E-state index contributed by atoms with van der Waals surface area (Å²) >= 11 is 0. The molecule has 1 rings (SSSR count). The van der Waals surface area contributed by atoms with Gasteiger partial charge in [0.1, 0.15) is 6.10 Å². The van der Waals surface area contributed by atoms with Crippen molar-refractivity contribution in [1.29, 1.82) is 0 Å². The largest absolute Gasteiger partial charge is 0.466 e. The number of likely N-dealkylation sites (tertiary alicyclic amines) is 1. The Labute approximate surface area is 330 Å². The molecule has 1 atom stereocenters. The van der Waals surface area contributed by atoms with Gasteiger partial charge in [0, 0.05) is 32.0 Å². The average Bonchev–Trinajstić information content (AvgIpc) is 3.55. The summed E-state index contributed by atoms with van der Waals surface area (Å²) in [6, 6.07) is 0. The topological polar surface area (TPSA) is 65.1 Å². The number of carbonyl (C=O) groups excluding carboxylic acids is 2. The molecule has 0 radical (unpaired) electrons. The standard InChI is InChI=1S/C47H91NO5/c1-5-8-11-14-17-24-31-42-52-45(49)35-27-20-22-29-37-47(39-32-40-48(47)41-43-51-4)38-30-23-21-28-36-46(50)53-44(33-25-18-15-12-9-6-2)34-26-19-16-13-10-7-3/h44H,5-43H2,1-4H3. The molecule has 1 heterocycles. The van der Waals surface area contributed by atoms with E-state index in [-0.39, 0.29) is 23.6 Å². The molecule has 0 aromatic heterocycles. The number of hydrogen-bond acceptors (Lipinski definition) is 6. The summed E-state index contributed by atoms with van der Waals surface area (Å²) in [5.74, 6) is 0.0230. The third-order valence-corrected chi connectivity index (χ3v) is 11.9. The Morgan fingerprint density at radius 2 is 1.00 bits per heavy atom. The van der Waals surface area contributed by atoms with Gasteiger partial charge in [-0.15, -0.1) is 0 Å². The van der Waals surface area contributed by atoms with Crippen molar-refractivity contribution in [3.05, 3.63) is 0 Å². The molecule has 0 amide bonds. The number of esters is 2. The van der Waals surface area contributed by atoms with E-state index in [1.165, 1.54) is 173 Å². The number of nitrogens with zero attached hydrogens (tertiary/aromatic N) is 1. The minimum absolute atomic E-state index is 0.0107. The maximum atomic E-state index is 12.9. The molecule has 0 aromatic carbocycles. The van der Waals surface area contributed by atoms with Crippen molar-refractivity contribution in [2.24, 2.45) is 0 Å². The zero-order chi connectivity index (χ0) is 38.5. The lowest BCUT2D eigenvalue weighted by molar-refractivity contribution is -0.150. The van der Waals surface area contributed by atoms with Crippen LogP contribution in [0.1, 0.15) is 245 Å². The second kappa shape index (κ2) is 36.5. The van der Waals surface area contributed by atoms with Crippen LogP contribution in [0.2, 0.25) is 0 Å². The summed E-state index contributed by atoms with van der Waals surface area (Å²) in [6.07, 6.45) is 41.5. The van der Waals surface area contributed by atoms with Crippen LogP contribution in [0.5, 0.6) is 0 Å². The molecule has 0 N–H and O–H groups in total. The number of ether oxygens (including phenoxy) is 3. The van der Waals surface area contributed by atoms with Crippen LogP contribution in [0.3, 0.4) is 0 Å². The molecule has 1 fully saturated rings. The fourth-order valence-electron chi connectivity index (χ4n) is 8.52. The van der Waals surface area contributed by atoms with Crippen LogP contribution >= 0.6 is 0 Å². The molecule has 314 valence electrons. The highest BCUT2D eigenvalue weighted by Crippen LogP contribution is 2.38. The highest BCUT2D eigenvalue weighted by atomic mass is 16.5. The number of methoxy groups -OCH3 is 1. The van der Waals surface area contributed by atoms with E-state index in [1.54, 1.807) is 0 Å². The van der Waals surface area contributed by atoms with Crippen LogP contribution in [-0.4, -0.2) is 61.9 Å². The Balaban J connectivity index is 2.36. The van der Waals surface area contributed by atoms with E-state index in [2.05, 4.69) is 25.7 Å². The van der Waals surface area contributed by atoms with E-state index in [1.807, 2.05) is 7.11 Å². The minimum Gasteiger partial charge on any atom is -0.466 e. The molecule has 1 aliphatic rings. The maximum absolute atomic E-state index is 12.9. The summed E-state index contributed by atoms with van der Waals surface area (Å²) in [5, 5.41) is 0. The van der Waals surface area contributed by atoms with Crippen LogP contribution in [0, 0.1) is 0 Å². The summed E-state index contributed by atoms with van der Waals surface area (Å²) in [4.78, 5) is 27.8. The lowest BCUT2D eigenvalue weighted by Gasteiger charge is -2.39. The van der Waals surface area contributed by atoms with Crippen LogP contribution in [0.4, 0.5) is 0 Å². The van der Waals surface area contributed by atoms with Gasteiger partial charge in [0.15, 0.2) is 0 Å². The van der Waals surface area contributed by atoms with E-state index in [0.717, 1.165) is 58.1 Å². The number of hydrogen-bond donors (Lipinski definition) is 0. The van der Waals surface area contributed by atoms with Gasteiger partial charge in [-0.25, -0.2) is 0 Å². The van der Waals surface area contributed by atoms with Crippen molar-refractivity contribution < 1.29 is 23.8 Å². The van der Waals surface area contributed by atoms with Gasteiger partial charge in [0.25, 0.3) is 0 Å². The normalized spacial score (nSPS) is 16.2. The Kier molecular flexibility index (Phi) is 34.3. The van der Waals surface area contributed by atoms with E-state index in [0.29, 0.717) is 19.4 Å². The Bertz CT molecular complexity index is 805. The quantitative estimate of drug-likeness (QED) is 0.0459. The first-order valence-electron chi connectivity index (χ1n) is 23.6. The smallest absolute Gasteiger partial charge is 0.306 e. The van der Waals surface area contributed by atoms with Gasteiger partial charge in [0.2, 0.25) is 0 Å². The van der Waals surface area contributed by atoms with Crippen LogP contribution in [-0.2, 0) is 23.8 Å². The zero-order valence-electron chi connectivity index (χ0n) is 36.1. The highest BCUT2D eigenvalue weighted by molar-refractivity contribution is 5.69. The van der Waals surface area contributed by atoms with Crippen molar-refractivity contribution in [3.63, 3.8) is 0 Å². The third kappa shape index (κ3) is 28.0. The molecular weight excluding hydrogens is 659 g/mol. The lowest BCUT2D eigenvalue weighted by atomic mass is 9.84. The van der Waals surface area contributed by atoms with Gasteiger partial charge in [-0.1, -0.05) is 162 Å². The number of rotatable bonds is 40. The second-order valence-electron chi connectivity index (χ2n) is 16.7. The van der Waals surface area contributed by atoms with Gasteiger partial charge in [0.05, 0.1) is 13.2 Å². The summed E-state index contributed by atoms with van der Waals surface area (Å²) in [7, 11) is 1.81. The maximum Gasteiger partial charge on any atom is 0.306 e. The number of carbonyl (C=O) groups is 2. The Hall–Kier alpha value is -1.14. The molecule has 1 aliphatic heterocycles. The molecule has 0 aliphatic carbocycles. The summed E-state index contributed by atoms with van der Waals surface area (Å²) < 4.78 is 17.1. The van der Waals surface area contributed by atoms with Crippen LogP contribution < -0.4 is 0 Å². The van der Waals surface area contributed by atoms with Crippen molar-refractivity contribution in [1.82, 2.24) is 4.90 Å². The van der Waals surface area contributed by atoms with E-state index in [9.17, 15) is 9.59 Å². The predicted octanol–water partition coefficient (Wildman–Crippen LogP) is 13.9. The fourth-order valence-corrected chi connectivity index (χ4v) is 8.52. The highest BCUT2D eigenvalue weighted by Gasteiger charge is 2.39. The second-order valence-corrected chi connectivity index (χ2v) is 16.7. The van der Waals surface area contributed by atoms with Crippen LogP contribution in [0.25, 0.3) is 0 Å². The van der Waals surface area contributed by atoms with Gasteiger partial charge in [-0.05, 0) is 77.2 Å². The molecule has 6 nitrogen and oxygen atoms in total. The van der Waals surface area contributed by atoms with Gasteiger partial charge < -0.3 is 14.2 Å². The van der Waals surface area contributed by atoms with Crippen molar-refractivity contribution in [2.45, 2.75) is 257 Å². The summed E-state index contributed by atoms with van der Waals surface area (Å²) in [5.41, 5.74) is 0.285. The third-order valence-electron chi connectivity index (χ3n) is 11.9. The van der Waals surface area contributed by atoms with E-state index < -0.39 is 0 Å². The van der Waals surface area contributed by atoms with E-state index >= 15 is 0 Å². The van der Waals surface area contributed by atoms with Gasteiger partial charge in [-0.3, -0.25) is 14.5 Å². The fraction of sp³-hybridized carbons (Fsp3) is 0.957. The van der Waals surface area contributed by atoms with Crippen LogP contribution in [0.15, 0.2) is 0 Å². The number of unbranched alkanes of at least 4 members (excludes halogenated alkanes) is 22. The lowest BCUT2D eigenvalue weighted by Crippen LogP contribution is -2.45. The first-order valence-corrected chi connectivity index (χ1v) is 23.6. The molecule has 0 saturated carbocycles.